The van der Waals surface area contributed by atoms with Gasteiger partial charge in [-0.05, 0) is 38.8 Å². The van der Waals surface area contributed by atoms with Crippen LogP contribution in [-0.2, 0) is 4.74 Å². The van der Waals surface area contributed by atoms with Gasteiger partial charge in [0.1, 0.15) is 0 Å². The van der Waals surface area contributed by atoms with Crippen molar-refractivity contribution in [2.45, 2.75) is 52.7 Å². The zero-order chi connectivity index (χ0) is 13.2. The summed E-state index contributed by atoms with van der Waals surface area (Å²) in [5.41, 5.74) is 2.45. The second-order valence-electron chi connectivity index (χ2n) is 5.37. The Morgan fingerprint density at radius 1 is 1.50 bits per heavy atom. The molecule has 1 aliphatic carbocycles. The maximum absolute atomic E-state index is 5.83. The number of anilines is 1. The molecule has 0 aliphatic heterocycles. The summed E-state index contributed by atoms with van der Waals surface area (Å²) in [4.78, 5) is 4.33. The van der Waals surface area contributed by atoms with E-state index in [0.29, 0.717) is 12.1 Å². The molecule has 1 heterocycles. The highest BCUT2D eigenvalue weighted by Gasteiger charge is 2.51. The number of rotatable bonds is 5. The van der Waals surface area contributed by atoms with Crippen LogP contribution in [0.5, 0.6) is 0 Å². The van der Waals surface area contributed by atoms with Crippen molar-refractivity contribution in [2.24, 2.45) is 5.41 Å². The van der Waals surface area contributed by atoms with Gasteiger partial charge in [-0.2, -0.15) is 0 Å². The maximum atomic E-state index is 5.83. The van der Waals surface area contributed by atoms with Crippen molar-refractivity contribution in [3.05, 3.63) is 24.0 Å². The van der Waals surface area contributed by atoms with E-state index in [1.165, 1.54) is 0 Å². The first-order valence-corrected chi connectivity index (χ1v) is 6.91. The van der Waals surface area contributed by atoms with E-state index in [1.807, 2.05) is 19.2 Å². The molecule has 0 spiro atoms. The first kappa shape index (κ1) is 13.3. The largest absolute Gasteiger partial charge is 0.380 e. The van der Waals surface area contributed by atoms with E-state index >= 15 is 0 Å². The fourth-order valence-corrected chi connectivity index (χ4v) is 2.80. The molecule has 0 bridgehead atoms. The number of hydrogen-bond acceptors (Lipinski definition) is 3. The second kappa shape index (κ2) is 5.27. The van der Waals surface area contributed by atoms with Gasteiger partial charge in [0.15, 0.2) is 0 Å². The lowest BCUT2D eigenvalue weighted by molar-refractivity contribution is -0.109. The zero-order valence-corrected chi connectivity index (χ0v) is 11.9. The third-order valence-electron chi connectivity index (χ3n) is 4.45. The van der Waals surface area contributed by atoms with Gasteiger partial charge < -0.3 is 10.1 Å². The standard InChI is InChI=1S/C15H24N2O/c1-5-15(4)13(10-14(15)18-6-2)17-12-8-7-9-16-11(12)3/h7-9,13-14,17H,5-6,10H2,1-4H3. The zero-order valence-electron chi connectivity index (χ0n) is 11.9. The van der Waals surface area contributed by atoms with Gasteiger partial charge in [0.05, 0.1) is 17.5 Å². The molecule has 1 aromatic heterocycles. The van der Waals surface area contributed by atoms with Crippen LogP contribution in [0.25, 0.3) is 0 Å². The van der Waals surface area contributed by atoms with E-state index in [1.54, 1.807) is 0 Å². The molecule has 0 aromatic carbocycles. The number of hydrogen-bond donors (Lipinski definition) is 1. The van der Waals surface area contributed by atoms with Crippen molar-refractivity contribution in [3.8, 4) is 0 Å². The Labute approximate surface area is 110 Å². The molecular formula is C15H24N2O. The predicted molar refractivity (Wildman–Crippen MR) is 74.8 cm³/mol. The van der Waals surface area contributed by atoms with Crippen molar-refractivity contribution >= 4 is 5.69 Å². The van der Waals surface area contributed by atoms with Crippen LogP contribution in [-0.4, -0.2) is 23.7 Å². The summed E-state index contributed by atoms with van der Waals surface area (Å²) < 4.78 is 5.83. The molecule has 1 aliphatic rings. The van der Waals surface area contributed by atoms with E-state index in [9.17, 15) is 0 Å². The van der Waals surface area contributed by atoms with Crippen LogP contribution in [0.4, 0.5) is 5.69 Å². The Bertz CT molecular complexity index is 407. The van der Waals surface area contributed by atoms with Gasteiger partial charge in [0.25, 0.3) is 0 Å². The van der Waals surface area contributed by atoms with Crippen LogP contribution in [0.15, 0.2) is 18.3 Å². The molecule has 1 fully saturated rings. The molecule has 0 saturated heterocycles. The third-order valence-corrected chi connectivity index (χ3v) is 4.45. The lowest BCUT2D eigenvalue weighted by Gasteiger charge is -2.54. The number of aromatic nitrogens is 1. The number of nitrogens with zero attached hydrogens (tertiary/aromatic N) is 1. The van der Waals surface area contributed by atoms with Crippen LogP contribution in [0, 0.1) is 12.3 Å². The molecule has 2 rings (SSSR count). The van der Waals surface area contributed by atoms with Crippen LogP contribution in [0.1, 0.15) is 39.3 Å². The minimum absolute atomic E-state index is 0.234. The summed E-state index contributed by atoms with van der Waals surface area (Å²) >= 11 is 0. The minimum atomic E-state index is 0.234. The molecule has 3 nitrogen and oxygen atoms in total. The van der Waals surface area contributed by atoms with Gasteiger partial charge in [-0.15, -0.1) is 0 Å². The van der Waals surface area contributed by atoms with E-state index < -0.39 is 0 Å². The molecule has 3 unspecified atom stereocenters. The van der Waals surface area contributed by atoms with E-state index in [0.717, 1.165) is 30.8 Å². The Morgan fingerprint density at radius 3 is 2.89 bits per heavy atom. The molecule has 3 atom stereocenters. The van der Waals surface area contributed by atoms with Crippen LogP contribution in [0.3, 0.4) is 0 Å². The van der Waals surface area contributed by atoms with E-state index in [4.69, 9.17) is 4.74 Å². The monoisotopic (exact) mass is 248 g/mol. The lowest BCUT2D eigenvalue weighted by Crippen LogP contribution is -2.59. The maximum Gasteiger partial charge on any atom is 0.0667 e. The SMILES string of the molecule is CCOC1CC(Nc2cccnc2C)C1(C)CC. The van der Waals surface area contributed by atoms with Crippen molar-refractivity contribution < 1.29 is 4.74 Å². The Kier molecular flexibility index (Phi) is 3.91. The van der Waals surface area contributed by atoms with Gasteiger partial charge in [0.2, 0.25) is 0 Å². The fraction of sp³-hybridized carbons (Fsp3) is 0.667. The third kappa shape index (κ3) is 2.24. The molecular weight excluding hydrogens is 224 g/mol. The summed E-state index contributed by atoms with van der Waals surface area (Å²) in [6, 6.07) is 4.57. The number of pyridine rings is 1. The van der Waals surface area contributed by atoms with E-state index in [-0.39, 0.29) is 5.41 Å². The highest BCUT2D eigenvalue weighted by Crippen LogP contribution is 2.47. The minimum Gasteiger partial charge on any atom is -0.380 e. The number of nitrogens with one attached hydrogen (secondary N) is 1. The normalized spacial score (nSPS) is 30.9. The van der Waals surface area contributed by atoms with Crippen molar-refractivity contribution in [2.75, 3.05) is 11.9 Å². The summed E-state index contributed by atoms with van der Waals surface area (Å²) in [6.07, 6.45) is 4.45. The number of ether oxygens (including phenoxy) is 1. The van der Waals surface area contributed by atoms with Crippen LogP contribution >= 0.6 is 0 Å². The average molecular weight is 248 g/mol. The highest BCUT2D eigenvalue weighted by atomic mass is 16.5. The van der Waals surface area contributed by atoms with Crippen molar-refractivity contribution in [1.82, 2.24) is 4.98 Å². The van der Waals surface area contributed by atoms with E-state index in [2.05, 4.69) is 37.1 Å². The van der Waals surface area contributed by atoms with Crippen LogP contribution in [0.2, 0.25) is 0 Å². The highest BCUT2D eigenvalue weighted by molar-refractivity contribution is 5.48. The molecule has 1 N–H and O–H groups in total. The summed E-state index contributed by atoms with van der Waals surface area (Å²) in [7, 11) is 0. The number of aryl methyl sites for hydroxylation is 1. The second-order valence-corrected chi connectivity index (χ2v) is 5.37. The molecule has 1 saturated carbocycles. The Morgan fingerprint density at radius 2 is 2.28 bits per heavy atom. The fourth-order valence-electron chi connectivity index (χ4n) is 2.80. The first-order valence-electron chi connectivity index (χ1n) is 6.91. The molecule has 0 radical (unpaired) electrons. The Hall–Kier alpha value is -1.09. The smallest absolute Gasteiger partial charge is 0.0667 e. The summed E-state index contributed by atoms with van der Waals surface area (Å²) in [5.74, 6) is 0. The van der Waals surface area contributed by atoms with Gasteiger partial charge in [-0.1, -0.05) is 13.8 Å². The van der Waals surface area contributed by atoms with Crippen molar-refractivity contribution in [1.29, 1.82) is 0 Å². The molecule has 100 valence electrons. The average Bonchev–Trinajstić information content (AvgIpc) is 2.38. The van der Waals surface area contributed by atoms with Gasteiger partial charge in [-0.3, -0.25) is 4.98 Å². The molecule has 1 aromatic rings. The Balaban J connectivity index is 2.06. The van der Waals surface area contributed by atoms with Crippen LogP contribution < -0.4 is 5.32 Å². The first-order chi connectivity index (χ1) is 8.61. The summed E-state index contributed by atoms with van der Waals surface area (Å²) in [5, 5.41) is 3.63. The van der Waals surface area contributed by atoms with Crippen molar-refractivity contribution in [3.63, 3.8) is 0 Å². The van der Waals surface area contributed by atoms with Gasteiger partial charge >= 0.3 is 0 Å². The molecule has 3 heteroatoms. The summed E-state index contributed by atoms with van der Waals surface area (Å²) in [6.45, 7) is 9.49. The molecule has 18 heavy (non-hydrogen) atoms. The quantitative estimate of drug-likeness (QED) is 0.867. The topological polar surface area (TPSA) is 34.1 Å². The lowest BCUT2D eigenvalue weighted by atomic mass is 9.61. The van der Waals surface area contributed by atoms with Gasteiger partial charge in [0, 0.05) is 24.3 Å². The molecule has 0 amide bonds. The predicted octanol–water partition coefficient (Wildman–Crippen LogP) is 3.40. The van der Waals surface area contributed by atoms with Gasteiger partial charge in [-0.25, -0.2) is 0 Å².